The maximum absolute atomic E-state index is 12.3. The van der Waals surface area contributed by atoms with Crippen LogP contribution in [-0.4, -0.2) is 35.6 Å². The fourth-order valence-corrected chi connectivity index (χ4v) is 3.45. The van der Waals surface area contributed by atoms with Crippen molar-refractivity contribution < 1.29 is 19.1 Å². The molecule has 0 bridgehead atoms. The van der Waals surface area contributed by atoms with Gasteiger partial charge in [-0.25, -0.2) is 9.78 Å². The number of esters is 1. The molecule has 2 aromatic heterocycles. The van der Waals surface area contributed by atoms with Gasteiger partial charge in [0, 0.05) is 36.3 Å². The molecule has 1 aromatic carbocycles. The number of hydrogen-bond acceptors (Lipinski definition) is 6. The summed E-state index contributed by atoms with van der Waals surface area (Å²) in [6, 6.07) is 7.55. The minimum atomic E-state index is -0.526. The number of aryl methyl sites for hydroxylation is 1. The highest BCUT2D eigenvalue weighted by Crippen LogP contribution is 2.37. The van der Waals surface area contributed by atoms with Crippen LogP contribution in [-0.2, 0) is 16.1 Å². The number of aromatic nitrogens is 2. The van der Waals surface area contributed by atoms with E-state index in [2.05, 4.69) is 27.1 Å². The molecule has 0 spiro atoms. The highest BCUT2D eigenvalue weighted by molar-refractivity contribution is 6.00. The lowest BCUT2D eigenvalue weighted by atomic mass is 10.1. The zero-order valence-electron chi connectivity index (χ0n) is 17.2. The maximum atomic E-state index is 12.3. The summed E-state index contributed by atoms with van der Waals surface area (Å²) in [6.07, 6.45) is 5.20. The highest BCUT2D eigenvalue weighted by atomic mass is 16.5. The molecule has 30 heavy (non-hydrogen) atoms. The second-order valence-electron chi connectivity index (χ2n) is 7.18. The number of carbonyl (C=O) groups excluding carboxylic acids is 2. The number of ether oxygens (including phenoxy) is 2. The van der Waals surface area contributed by atoms with Crippen LogP contribution < -0.4 is 15.4 Å². The van der Waals surface area contributed by atoms with E-state index >= 15 is 0 Å². The average Bonchev–Trinajstić information content (AvgIpc) is 3.53. The number of carbonyl (C=O) groups is 2. The van der Waals surface area contributed by atoms with Gasteiger partial charge in [-0.2, -0.15) is 0 Å². The first-order valence-electron chi connectivity index (χ1n) is 9.87. The van der Waals surface area contributed by atoms with Crippen LogP contribution in [0.4, 0.5) is 17.2 Å². The smallest absolute Gasteiger partial charge is 0.341 e. The number of nitrogens with zero attached hydrogens (tertiary/aromatic N) is 2. The number of hydrogen-bond donors (Lipinski definition) is 2. The lowest BCUT2D eigenvalue weighted by Gasteiger charge is -2.16. The quantitative estimate of drug-likeness (QED) is 0.575. The third-order valence-corrected chi connectivity index (χ3v) is 5.21. The number of benzene rings is 1. The average molecular weight is 408 g/mol. The lowest BCUT2D eigenvalue weighted by Crippen LogP contribution is -2.15. The van der Waals surface area contributed by atoms with Crippen molar-refractivity contribution in [2.24, 2.45) is 5.92 Å². The molecule has 2 N–H and O–H groups in total. The summed E-state index contributed by atoms with van der Waals surface area (Å²) >= 11 is 0. The van der Waals surface area contributed by atoms with Gasteiger partial charge in [0.05, 0.1) is 31.1 Å². The van der Waals surface area contributed by atoms with Crippen LogP contribution in [0.15, 0.2) is 36.7 Å². The standard InChI is InChI=1S/C22H24N4O4/c1-4-26-10-9-13-7-8-16(20(29-2)19(13)26)24-17-11-18(25-21(27)14-5-6-14)23-12-15(17)22(28)30-3/h7-12,14H,4-6H2,1-3H3,(H2,23,24,25,27). The zero-order valence-corrected chi connectivity index (χ0v) is 17.2. The fraction of sp³-hybridized carbons (Fsp3) is 0.318. The molecule has 0 atom stereocenters. The second kappa shape index (κ2) is 8.06. The molecule has 3 aromatic rings. The van der Waals surface area contributed by atoms with Crippen LogP contribution in [0.25, 0.3) is 10.9 Å². The molecule has 0 saturated heterocycles. The molecule has 0 aliphatic heterocycles. The molecule has 1 aliphatic carbocycles. The number of fused-ring (bicyclic) bond motifs is 1. The first kappa shape index (κ1) is 19.8. The first-order valence-corrected chi connectivity index (χ1v) is 9.87. The Morgan fingerprint density at radius 1 is 1.20 bits per heavy atom. The van der Waals surface area contributed by atoms with E-state index in [1.807, 2.05) is 24.4 Å². The second-order valence-corrected chi connectivity index (χ2v) is 7.18. The molecule has 0 radical (unpaired) electrons. The number of anilines is 3. The van der Waals surface area contributed by atoms with Crippen LogP contribution in [0.5, 0.6) is 5.75 Å². The molecular formula is C22H24N4O4. The van der Waals surface area contributed by atoms with Gasteiger partial charge in [0.15, 0.2) is 5.75 Å². The third kappa shape index (κ3) is 3.68. The predicted octanol–water partition coefficient (Wildman–Crippen LogP) is 3.94. The van der Waals surface area contributed by atoms with Crippen LogP contribution in [0.2, 0.25) is 0 Å². The minimum Gasteiger partial charge on any atom is -0.492 e. The molecule has 156 valence electrons. The summed E-state index contributed by atoms with van der Waals surface area (Å²) in [6.45, 7) is 2.86. The molecule has 4 rings (SSSR count). The van der Waals surface area contributed by atoms with Crippen molar-refractivity contribution in [2.75, 3.05) is 24.9 Å². The first-order chi connectivity index (χ1) is 14.5. The van der Waals surface area contributed by atoms with E-state index in [0.717, 1.165) is 30.3 Å². The van der Waals surface area contributed by atoms with Gasteiger partial charge < -0.3 is 24.7 Å². The van der Waals surface area contributed by atoms with Gasteiger partial charge in [-0.1, -0.05) is 6.07 Å². The monoisotopic (exact) mass is 408 g/mol. The molecule has 1 amide bonds. The Labute approximate surface area is 174 Å². The largest absolute Gasteiger partial charge is 0.492 e. The van der Waals surface area contributed by atoms with Crippen LogP contribution in [0.1, 0.15) is 30.1 Å². The van der Waals surface area contributed by atoms with E-state index in [0.29, 0.717) is 22.9 Å². The van der Waals surface area contributed by atoms with Gasteiger partial charge >= 0.3 is 5.97 Å². The molecule has 1 saturated carbocycles. The number of rotatable bonds is 7. The lowest BCUT2D eigenvalue weighted by molar-refractivity contribution is -0.117. The summed E-state index contributed by atoms with van der Waals surface area (Å²) in [7, 11) is 2.93. The van der Waals surface area contributed by atoms with E-state index in [-0.39, 0.29) is 17.4 Å². The number of pyridine rings is 1. The Morgan fingerprint density at radius 2 is 2.00 bits per heavy atom. The van der Waals surface area contributed by atoms with Gasteiger partial charge in [0.25, 0.3) is 0 Å². The van der Waals surface area contributed by atoms with Crippen molar-refractivity contribution in [1.29, 1.82) is 0 Å². The van der Waals surface area contributed by atoms with Crippen molar-refractivity contribution in [1.82, 2.24) is 9.55 Å². The molecule has 2 heterocycles. The van der Waals surface area contributed by atoms with E-state index < -0.39 is 5.97 Å². The van der Waals surface area contributed by atoms with Crippen LogP contribution >= 0.6 is 0 Å². The van der Waals surface area contributed by atoms with Gasteiger partial charge in [-0.05, 0) is 31.9 Å². The fourth-order valence-electron chi connectivity index (χ4n) is 3.45. The van der Waals surface area contributed by atoms with E-state index in [1.54, 1.807) is 13.2 Å². The van der Waals surface area contributed by atoms with Gasteiger partial charge in [0.2, 0.25) is 5.91 Å². The summed E-state index contributed by atoms with van der Waals surface area (Å²) in [5.74, 6) is 0.503. The zero-order chi connectivity index (χ0) is 21.3. The summed E-state index contributed by atoms with van der Waals surface area (Å²) in [5, 5.41) is 7.13. The Bertz CT molecular complexity index is 1120. The molecule has 0 unspecified atom stereocenters. The van der Waals surface area contributed by atoms with Crippen molar-refractivity contribution in [2.45, 2.75) is 26.3 Å². The number of methoxy groups -OCH3 is 2. The predicted molar refractivity (Wildman–Crippen MR) is 114 cm³/mol. The number of amides is 1. The maximum Gasteiger partial charge on any atom is 0.341 e. The third-order valence-electron chi connectivity index (χ3n) is 5.21. The van der Waals surface area contributed by atoms with Crippen molar-refractivity contribution in [3.8, 4) is 5.75 Å². The highest BCUT2D eigenvalue weighted by Gasteiger charge is 2.30. The Hall–Kier alpha value is -3.55. The topological polar surface area (TPSA) is 94.5 Å². The Balaban J connectivity index is 1.75. The molecule has 8 nitrogen and oxygen atoms in total. The van der Waals surface area contributed by atoms with Crippen LogP contribution in [0.3, 0.4) is 0 Å². The van der Waals surface area contributed by atoms with E-state index in [9.17, 15) is 9.59 Å². The van der Waals surface area contributed by atoms with Gasteiger partial charge in [0.1, 0.15) is 11.4 Å². The summed E-state index contributed by atoms with van der Waals surface area (Å²) in [4.78, 5) is 28.6. The van der Waals surface area contributed by atoms with Crippen molar-refractivity contribution in [3.63, 3.8) is 0 Å². The molecular weight excluding hydrogens is 384 g/mol. The molecule has 1 fully saturated rings. The van der Waals surface area contributed by atoms with E-state index in [4.69, 9.17) is 9.47 Å². The summed E-state index contributed by atoms with van der Waals surface area (Å²) < 4.78 is 12.7. The van der Waals surface area contributed by atoms with Gasteiger partial charge in [-0.15, -0.1) is 0 Å². The SMILES string of the molecule is CCn1ccc2ccc(Nc3cc(NC(=O)C4CC4)ncc3C(=O)OC)c(OC)c21. The van der Waals surface area contributed by atoms with Crippen molar-refractivity contribution in [3.05, 3.63) is 42.2 Å². The molecule has 8 heteroatoms. The van der Waals surface area contributed by atoms with Gasteiger partial charge in [-0.3, -0.25) is 4.79 Å². The van der Waals surface area contributed by atoms with Crippen molar-refractivity contribution >= 4 is 40.0 Å². The van der Waals surface area contributed by atoms with E-state index in [1.165, 1.54) is 13.3 Å². The minimum absolute atomic E-state index is 0.0489. The normalized spacial score (nSPS) is 13.2. The molecule has 1 aliphatic rings. The summed E-state index contributed by atoms with van der Waals surface area (Å²) in [5.41, 5.74) is 2.38. The number of nitrogens with one attached hydrogen (secondary N) is 2. The van der Waals surface area contributed by atoms with Crippen LogP contribution in [0, 0.1) is 5.92 Å². The Morgan fingerprint density at radius 3 is 2.67 bits per heavy atom. The Kier molecular flexibility index (Phi) is 5.31.